The number of aromatic amines is 1. The molecule has 0 atom stereocenters. The Bertz CT molecular complexity index is 1040. The van der Waals surface area contributed by atoms with Gasteiger partial charge in [-0.1, -0.05) is 15.9 Å². The highest BCUT2D eigenvalue weighted by Gasteiger charge is 2.16. The zero-order chi connectivity index (χ0) is 18.0. The maximum atomic E-state index is 13.0. The van der Waals surface area contributed by atoms with Gasteiger partial charge in [-0.05, 0) is 48.5 Å². The van der Waals surface area contributed by atoms with Crippen LogP contribution in [-0.4, -0.2) is 15.5 Å². The van der Waals surface area contributed by atoms with Crippen LogP contribution in [0, 0.1) is 5.82 Å². The Hall–Kier alpha value is -3.00. The van der Waals surface area contributed by atoms with E-state index in [-0.39, 0.29) is 11.3 Å². The number of halogens is 2. The molecule has 6 nitrogen and oxygen atoms in total. The van der Waals surface area contributed by atoms with E-state index in [1.165, 1.54) is 12.1 Å². The zero-order valence-electron chi connectivity index (χ0n) is 12.6. The Labute approximate surface area is 149 Å². The zero-order valence-corrected chi connectivity index (χ0v) is 14.2. The van der Waals surface area contributed by atoms with Crippen molar-refractivity contribution in [2.75, 3.05) is 5.32 Å². The number of benzene rings is 2. The van der Waals surface area contributed by atoms with E-state index in [0.717, 1.165) is 27.4 Å². The molecule has 0 aliphatic carbocycles. The summed E-state index contributed by atoms with van der Waals surface area (Å²) in [5.74, 6) is -1.17. The lowest BCUT2D eigenvalue weighted by molar-refractivity contribution is 0.102. The Kier molecular flexibility index (Phi) is 4.62. The standard InChI is InChI=1S/C17H11BrFN3O3/c18-10-1-5-12(6-2-10)21-15(23)14-9-20-17(25)22(16(14)24)13-7-3-11(19)4-8-13/h1-9H,(H,20,25)(H,21,23). The molecule has 8 heteroatoms. The molecule has 0 saturated heterocycles. The maximum absolute atomic E-state index is 13.0. The molecule has 0 unspecified atom stereocenters. The Morgan fingerprint density at radius 3 is 2.32 bits per heavy atom. The Balaban J connectivity index is 2.00. The minimum absolute atomic E-state index is 0.158. The quantitative estimate of drug-likeness (QED) is 0.704. The first-order valence-electron chi connectivity index (χ1n) is 7.13. The second-order valence-corrected chi connectivity index (χ2v) is 6.00. The number of anilines is 1. The van der Waals surface area contributed by atoms with E-state index >= 15 is 0 Å². The van der Waals surface area contributed by atoms with Gasteiger partial charge in [0, 0.05) is 16.4 Å². The highest BCUT2D eigenvalue weighted by molar-refractivity contribution is 9.10. The van der Waals surface area contributed by atoms with Crippen LogP contribution in [0.25, 0.3) is 5.69 Å². The first-order chi connectivity index (χ1) is 12.0. The molecule has 2 aromatic carbocycles. The van der Waals surface area contributed by atoms with Gasteiger partial charge in [-0.15, -0.1) is 0 Å². The number of hydrogen-bond donors (Lipinski definition) is 2. The highest BCUT2D eigenvalue weighted by atomic mass is 79.9. The molecule has 3 aromatic rings. The highest BCUT2D eigenvalue weighted by Crippen LogP contribution is 2.14. The lowest BCUT2D eigenvalue weighted by Gasteiger charge is -2.08. The van der Waals surface area contributed by atoms with E-state index in [9.17, 15) is 18.8 Å². The van der Waals surface area contributed by atoms with Crippen molar-refractivity contribution in [1.82, 2.24) is 9.55 Å². The van der Waals surface area contributed by atoms with Crippen molar-refractivity contribution in [1.29, 1.82) is 0 Å². The third kappa shape index (κ3) is 3.58. The predicted molar refractivity (Wildman–Crippen MR) is 94.7 cm³/mol. The van der Waals surface area contributed by atoms with Crippen LogP contribution in [0.1, 0.15) is 10.4 Å². The van der Waals surface area contributed by atoms with Crippen LogP contribution in [-0.2, 0) is 0 Å². The lowest BCUT2D eigenvalue weighted by atomic mass is 10.2. The van der Waals surface area contributed by atoms with Crippen molar-refractivity contribution in [3.63, 3.8) is 0 Å². The largest absolute Gasteiger partial charge is 0.333 e. The van der Waals surface area contributed by atoms with Crippen LogP contribution in [0.4, 0.5) is 10.1 Å². The normalized spacial score (nSPS) is 10.5. The molecule has 0 aliphatic rings. The first-order valence-corrected chi connectivity index (χ1v) is 7.92. The first kappa shape index (κ1) is 16.8. The number of H-pyrrole nitrogens is 1. The Morgan fingerprint density at radius 2 is 1.68 bits per heavy atom. The summed E-state index contributed by atoms with van der Waals surface area (Å²) in [4.78, 5) is 39.2. The third-order valence-corrected chi connectivity index (χ3v) is 3.94. The molecule has 3 rings (SSSR count). The molecule has 0 radical (unpaired) electrons. The summed E-state index contributed by atoms with van der Waals surface area (Å²) in [7, 11) is 0. The molecule has 0 saturated carbocycles. The molecular formula is C17H11BrFN3O3. The van der Waals surface area contributed by atoms with Gasteiger partial charge in [0.05, 0.1) is 5.69 Å². The number of carbonyl (C=O) groups is 1. The van der Waals surface area contributed by atoms with Crippen molar-refractivity contribution in [3.8, 4) is 5.69 Å². The van der Waals surface area contributed by atoms with Gasteiger partial charge in [0.25, 0.3) is 11.5 Å². The van der Waals surface area contributed by atoms with E-state index in [0.29, 0.717) is 5.69 Å². The predicted octanol–water partition coefficient (Wildman–Crippen LogP) is 2.68. The number of hydrogen-bond acceptors (Lipinski definition) is 3. The van der Waals surface area contributed by atoms with Gasteiger partial charge in [-0.3, -0.25) is 9.59 Å². The van der Waals surface area contributed by atoms with E-state index in [4.69, 9.17) is 0 Å². The van der Waals surface area contributed by atoms with Gasteiger partial charge in [0.1, 0.15) is 11.4 Å². The number of amides is 1. The van der Waals surface area contributed by atoms with Gasteiger partial charge in [0.15, 0.2) is 0 Å². The van der Waals surface area contributed by atoms with Crippen LogP contribution in [0.3, 0.4) is 0 Å². The van der Waals surface area contributed by atoms with Crippen molar-refractivity contribution >= 4 is 27.5 Å². The average molecular weight is 404 g/mol. The van der Waals surface area contributed by atoms with Crippen molar-refractivity contribution < 1.29 is 9.18 Å². The van der Waals surface area contributed by atoms with Crippen molar-refractivity contribution in [2.45, 2.75) is 0 Å². The summed E-state index contributed by atoms with van der Waals surface area (Å²) in [6.07, 6.45) is 1.05. The lowest BCUT2D eigenvalue weighted by Crippen LogP contribution is -2.38. The summed E-state index contributed by atoms with van der Waals surface area (Å²) < 4.78 is 14.7. The van der Waals surface area contributed by atoms with E-state index in [1.807, 2.05) is 0 Å². The molecule has 0 aliphatic heterocycles. The molecule has 0 spiro atoms. The van der Waals surface area contributed by atoms with Crippen LogP contribution in [0.15, 0.2) is 68.8 Å². The SMILES string of the molecule is O=C(Nc1ccc(Br)cc1)c1c[nH]c(=O)n(-c2ccc(F)cc2)c1=O. The van der Waals surface area contributed by atoms with Gasteiger partial charge in [0.2, 0.25) is 0 Å². The molecule has 2 N–H and O–H groups in total. The average Bonchev–Trinajstić information content (AvgIpc) is 2.58. The molecule has 0 bridgehead atoms. The molecule has 126 valence electrons. The molecule has 1 aromatic heterocycles. The topological polar surface area (TPSA) is 84.0 Å². The number of nitrogens with one attached hydrogen (secondary N) is 2. The van der Waals surface area contributed by atoms with Crippen LogP contribution < -0.4 is 16.6 Å². The van der Waals surface area contributed by atoms with Crippen LogP contribution in [0.5, 0.6) is 0 Å². The summed E-state index contributed by atoms with van der Waals surface area (Å²) in [6.45, 7) is 0. The summed E-state index contributed by atoms with van der Waals surface area (Å²) >= 11 is 3.28. The van der Waals surface area contributed by atoms with Gasteiger partial charge in [-0.2, -0.15) is 0 Å². The second kappa shape index (κ2) is 6.86. The number of nitrogens with zero attached hydrogens (tertiary/aromatic N) is 1. The molecule has 0 fully saturated rings. The molecule has 25 heavy (non-hydrogen) atoms. The number of carbonyl (C=O) groups excluding carboxylic acids is 1. The van der Waals surface area contributed by atoms with Gasteiger partial charge < -0.3 is 10.3 Å². The smallest absolute Gasteiger partial charge is 0.322 e. The fraction of sp³-hybridized carbons (Fsp3) is 0. The van der Waals surface area contributed by atoms with Gasteiger partial charge >= 0.3 is 5.69 Å². The van der Waals surface area contributed by atoms with Crippen LogP contribution >= 0.6 is 15.9 Å². The second-order valence-electron chi connectivity index (χ2n) is 5.09. The van der Waals surface area contributed by atoms with Crippen molar-refractivity contribution in [2.24, 2.45) is 0 Å². The summed E-state index contributed by atoms with van der Waals surface area (Å²) in [5.41, 5.74) is -1.12. The van der Waals surface area contributed by atoms with Crippen molar-refractivity contribution in [3.05, 3.63) is 91.4 Å². The maximum Gasteiger partial charge on any atom is 0.333 e. The number of rotatable bonds is 3. The minimum atomic E-state index is -0.801. The fourth-order valence-corrected chi connectivity index (χ4v) is 2.46. The van der Waals surface area contributed by atoms with E-state index in [1.54, 1.807) is 24.3 Å². The fourth-order valence-electron chi connectivity index (χ4n) is 2.19. The monoisotopic (exact) mass is 403 g/mol. The molecular weight excluding hydrogens is 393 g/mol. The molecule has 1 heterocycles. The third-order valence-electron chi connectivity index (χ3n) is 3.41. The van der Waals surface area contributed by atoms with E-state index < -0.39 is 23.0 Å². The number of aromatic nitrogens is 2. The molecule has 1 amide bonds. The summed E-state index contributed by atoms with van der Waals surface area (Å²) in [6, 6.07) is 11.6. The summed E-state index contributed by atoms with van der Waals surface area (Å²) in [5, 5.41) is 2.58. The minimum Gasteiger partial charge on any atom is -0.322 e. The van der Waals surface area contributed by atoms with Crippen LogP contribution in [0.2, 0.25) is 0 Å². The van der Waals surface area contributed by atoms with E-state index in [2.05, 4.69) is 26.2 Å². The Morgan fingerprint density at radius 1 is 1.04 bits per heavy atom. The van der Waals surface area contributed by atoms with Gasteiger partial charge in [-0.25, -0.2) is 13.8 Å².